The molecule has 1 aliphatic rings. The van der Waals surface area contributed by atoms with E-state index in [1.807, 2.05) is 6.08 Å². The lowest BCUT2D eigenvalue weighted by molar-refractivity contribution is 0.300. The standard InChI is InChI=1S/C8H10N2O/c1-2-6-4-3-5-7-8(6)10-11-9-7/h3,5-6H,2,4H2,1H3. The summed E-state index contributed by atoms with van der Waals surface area (Å²) in [4.78, 5) is 0. The molecule has 0 saturated carbocycles. The van der Waals surface area contributed by atoms with Crippen LogP contribution in [0.15, 0.2) is 10.7 Å². The maximum absolute atomic E-state index is 4.65. The third-order valence-electron chi connectivity index (χ3n) is 2.12. The van der Waals surface area contributed by atoms with Gasteiger partial charge in [0.25, 0.3) is 0 Å². The van der Waals surface area contributed by atoms with Crippen molar-refractivity contribution in [1.82, 2.24) is 10.3 Å². The minimum atomic E-state index is 0.515. The summed E-state index contributed by atoms with van der Waals surface area (Å²) < 4.78 is 4.65. The van der Waals surface area contributed by atoms with Crippen molar-refractivity contribution in [2.45, 2.75) is 25.7 Å². The monoisotopic (exact) mass is 150 g/mol. The van der Waals surface area contributed by atoms with E-state index in [9.17, 15) is 0 Å². The van der Waals surface area contributed by atoms with Gasteiger partial charge in [-0.1, -0.05) is 23.3 Å². The van der Waals surface area contributed by atoms with Crippen LogP contribution in [0.4, 0.5) is 0 Å². The molecule has 0 aliphatic heterocycles. The molecule has 1 atom stereocenters. The molecule has 1 aliphatic carbocycles. The molecule has 58 valence electrons. The fourth-order valence-corrected chi connectivity index (χ4v) is 1.42. The van der Waals surface area contributed by atoms with Crippen molar-refractivity contribution < 1.29 is 4.63 Å². The van der Waals surface area contributed by atoms with Crippen LogP contribution in [0.5, 0.6) is 0 Å². The van der Waals surface area contributed by atoms with Crippen LogP contribution in [0, 0.1) is 0 Å². The first-order chi connectivity index (χ1) is 5.42. The van der Waals surface area contributed by atoms with Gasteiger partial charge in [0.2, 0.25) is 0 Å². The van der Waals surface area contributed by atoms with E-state index in [-0.39, 0.29) is 0 Å². The van der Waals surface area contributed by atoms with E-state index in [0.717, 1.165) is 24.2 Å². The van der Waals surface area contributed by atoms with Crippen LogP contribution in [0.2, 0.25) is 0 Å². The Balaban J connectivity index is 2.41. The lowest BCUT2D eigenvalue weighted by atomic mass is 9.93. The molecule has 1 aromatic heterocycles. The van der Waals surface area contributed by atoms with Crippen molar-refractivity contribution in [3.05, 3.63) is 17.5 Å². The van der Waals surface area contributed by atoms with Crippen LogP contribution in [0.3, 0.4) is 0 Å². The van der Waals surface area contributed by atoms with E-state index >= 15 is 0 Å². The summed E-state index contributed by atoms with van der Waals surface area (Å²) in [5.74, 6) is 0.515. The SMILES string of the molecule is CCC1CC=Cc2nonc21. The van der Waals surface area contributed by atoms with Crippen molar-refractivity contribution >= 4 is 6.08 Å². The van der Waals surface area contributed by atoms with Gasteiger partial charge in [0.05, 0.1) is 0 Å². The first-order valence-corrected chi connectivity index (χ1v) is 3.90. The number of hydrogen-bond acceptors (Lipinski definition) is 3. The molecular weight excluding hydrogens is 140 g/mol. The van der Waals surface area contributed by atoms with Crippen molar-refractivity contribution in [3.8, 4) is 0 Å². The second kappa shape index (κ2) is 2.49. The Morgan fingerprint density at radius 3 is 3.36 bits per heavy atom. The van der Waals surface area contributed by atoms with Crippen molar-refractivity contribution in [1.29, 1.82) is 0 Å². The number of rotatable bonds is 1. The van der Waals surface area contributed by atoms with Gasteiger partial charge in [-0.25, -0.2) is 4.63 Å². The predicted molar refractivity (Wildman–Crippen MR) is 41.0 cm³/mol. The summed E-state index contributed by atoms with van der Waals surface area (Å²) in [7, 11) is 0. The third kappa shape index (κ3) is 0.964. The first-order valence-electron chi connectivity index (χ1n) is 3.90. The Morgan fingerprint density at radius 1 is 1.64 bits per heavy atom. The highest BCUT2D eigenvalue weighted by Gasteiger charge is 2.19. The minimum absolute atomic E-state index is 0.515. The number of allylic oxidation sites excluding steroid dienone is 1. The molecule has 0 amide bonds. The summed E-state index contributed by atoms with van der Waals surface area (Å²) in [6.07, 6.45) is 6.27. The second-order valence-corrected chi connectivity index (χ2v) is 2.78. The lowest BCUT2D eigenvalue weighted by Gasteiger charge is -2.11. The zero-order valence-electron chi connectivity index (χ0n) is 6.45. The van der Waals surface area contributed by atoms with E-state index < -0.39 is 0 Å². The molecule has 1 aromatic rings. The van der Waals surface area contributed by atoms with Gasteiger partial charge in [-0.05, 0) is 18.9 Å². The van der Waals surface area contributed by atoms with Crippen molar-refractivity contribution in [2.75, 3.05) is 0 Å². The molecule has 0 aromatic carbocycles. The van der Waals surface area contributed by atoms with Gasteiger partial charge in [-0.3, -0.25) is 0 Å². The lowest BCUT2D eigenvalue weighted by Crippen LogP contribution is -2.01. The largest absolute Gasteiger partial charge is 0.244 e. The van der Waals surface area contributed by atoms with Gasteiger partial charge in [-0.15, -0.1) is 0 Å². The number of nitrogens with zero attached hydrogens (tertiary/aromatic N) is 2. The van der Waals surface area contributed by atoms with Gasteiger partial charge >= 0.3 is 0 Å². The highest BCUT2D eigenvalue weighted by Crippen LogP contribution is 2.28. The molecule has 2 rings (SSSR count). The highest BCUT2D eigenvalue weighted by molar-refractivity contribution is 5.50. The predicted octanol–water partition coefficient (Wildman–Crippen LogP) is 1.98. The van der Waals surface area contributed by atoms with Gasteiger partial charge in [-0.2, -0.15) is 0 Å². The second-order valence-electron chi connectivity index (χ2n) is 2.78. The van der Waals surface area contributed by atoms with Crippen LogP contribution in [-0.2, 0) is 0 Å². The summed E-state index contributed by atoms with van der Waals surface area (Å²) in [6, 6.07) is 0. The number of hydrogen-bond donors (Lipinski definition) is 0. The Hall–Kier alpha value is -1.12. The van der Waals surface area contributed by atoms with E-state index in [1.54, 1.807) is 0 Å². The molecule has 0 spiro atoms. The molecule has 1 heterocycles. The molecule has 0 radical (unpaired) electrons. The maximum Gasteiger partial charge on any atom is 0.131 e. The molecular formula is C8H10N2O. The van der Waals surface area contributed by atoms with Gasteiger partial charge in [0.1, 0.15) is 11.4 Å². The van der Waals surface area contributed by atoms with E-state index in [1.165, 1.54) is 0 Å². The average Bonchev–Trinajstić information content (AvgIpc) is 2.50. The van der Waals surface area contributed by atoms with Crippen LogP contribution in [-0.4, -0.2) is 10.3 Å². The normalized spacial score (nSPS) is 21.7. The molecule has 3 heteroatoms. The molecule has 0 fully saturated rings. The summed E-state index contributed by atoms with van der Waals surface area (Å²) >= 11 is 0. The Bertz CT molecular complexity index is 277. The van der Waals surface area contributed by atoms with Gasteiger partial charge in [0, 0.05) is 5.92 Å². The van der Waals surface area contributed by atoms with Crippen molar-refractivity contribution in [2.24, 2.45) is 0 Å². The Morgan fingerprint density at radius 2 is 2.55 bits per heavy atom. The molecule has 11 heavy (non-hydrogen) atoms. The molecule has 0 bridgehead atoms. The average molecular weight is 150 g/mol. The van der Waals surface area contributed by atoms with Crippen molar-refractivity contribution in [3.63, 3.8) is 0 Å². The van der Waals surface area contributed by atoms with E-state index in [0.29, 0.717) is 5.92 Å². The van der Waals surface area contributed by atoms with Crippen LogP contribution in [0.1, 0.15) is 37.1 Å². The van der Waals surface area contributed by atoms with Crippen LogP contribution in [0.25, 0.3) is 6.08 Å². The quantitative estimate of drug-likeness (QED) is 0.614. The molecule has 0 N–H and O–H groups in total. The highest BCUT2D eigenvalue weighted by atomic mass is 16.6. The fraction of sp³-hybridized carbons (Fsp3) is 0.500. The number of fused-ring (bicyclic) bond motifs is 1. The molecule has 0 saturated heterocycles. The van der Waals surface area contributed by atoms with Gasteiger partial charge < -0.3 is 0 Å². The molecule has 3 nitrogen and oxygen atoms in total. The van der Waals surface area contributed by atoms with Gasteiger partial charge in [0.15, 0.2) is 0 Å². The zero-order valence-corrected chi connectivity index (χ0v) is 6.45. The summed E-state index contributed by atoms with van der Waals surface area (Å²) in [5.41, 5.74) is 1.93. The third-order valence-corrected chi connectivity index (χ3v) is 2.12. The Labute approximate surface area is 65.1 Å². The first kappa shape index (κ1) is 6.58. The smallest absolute Gasteiger partial charge is 0.131 e. The van der Waals surface area contributed by atoms with E-state index in [2.05, 4.69) is 27.9 Å². The maximum atomic E-state index is 4.65. The minimum Gasteiger partial charge on any atom is -0.244 e. The van der Waals surface area contributed by atoms with Crippen LogP contribution >= 0.6 is 0 Å². The number of aromatic nitrogens is 2. The summed E-state index contributed by atoms with van der Waals surface area (Å²) in [6.45, 7) is 2.16. The summed E-state index contributed by atoms with van der Waals surface area (Å²) in [5, 5.41) is 7.65. The van der Waals surface area contributed by atoms with Crippen LogP contribution < -0.4 is 0 Å². The fourth-order valence-electron chi connectivity index (χ4n) is 1.42. The topological polar surface area (TPSA) is 38.9 Å². The zero-order chi connectivity index (χ0) is 7.68. The van der Waals surface area contributed by atoms with E-state index in [4.69, 9.17) is 0 Å². The molecule has 1 unspecified atom stereocenters. The Kier molecular flexibility index (Phi) is 1.49.